The summed E-state index contributed by atoms with van der Waals surface area (Å²) in [5.41, 5.74) is 3.42. The van der Waals surface area contributed by atoms with E-state index in [0.29, 0.717) is 5.65 Å². The largest absolute Gasteiger partial charge is 0.497 e. The van der Waals surface area contributed by atoms with Crippen LogP contribution in [0.15, 0.2) is 30.9 Å². The summed E-state index contributed by atoms with van der Waals surface area (Å²) in [4.78, 5) is 25.8. The van der Waals surface area contributed by atoms with Gasteiger partial charge in [-0.2, -0.15) is 0 Å². The second kappa shape index (κ2) is 5.80. The average molecular weight is 323 g/mol. The van der Waals surface area contributed by atoms with E-state index in [1.807, 2.05) is 25.2 Å². The number of ether oxygens (including phenoxy) is 1. The van der Waals surface area contributed by atoms with E-state index in [0.717, 1.165) is 46.9 Å². The topological polar surface area (TPSA) is 95.6 Å². The van der Waals surface area contributed by atoms with Crippen molar-refractivity contribution in [3.63, 3.8) is 0 Å². The number of nitrogens with one attached hydrogen (secondary N) is 2. The molecule has 0 amide bonds. The lowest BCUT2D eigenvalue weighted by Gasteiger charge is -2.17. The first kappa shape index (κ1) is 14.4. The molecule has 2 N–H and O–H groups in total. The molecular weight excluding hydrogens is 306 g/mol. The Morgan fingerprint density at radius 3 is 3.00 bits per heavy atom. The quantitative estimate of drug-likeness (QED) is 0.582. The molecule has 0 bridgehead atoms. The zero-order chi connectivity index (χ0) is 16.5. The predicted octanol–water partition coefficient (Wildman–Crippen LogP) is 1.92. The number of benzene rings is 1. The Kier molecular flexibility index (Phi) is 3.49. The fourth-order valence-electron chi connectivity index (χ4n) is 2.71. The van der Waals surface area contributed by atoms with Gasteiger partial charge in [-0.05, 0) is 12.1 Å². The van der Waals surface area contributed by atoms with Crippen LogP contribution in [-0.2, 0) is 6.42 Å². The number of aromatic nitrogens is 6. The van der Waals surface area contributed by atoms with E-state index in [1.165, 1.54) is 6.33 Å². The van der Waals surface area contributed by atoms with Gasteiger partial charge in [0.1, 0.15) is 23.4 Å². The monoisotopic (exact) mass is 323 g/mol. The summed E-state index contributed by atoms with van der Waals surface area (Å²) < 4.78 is 5.24. The molecule has 0 radical (unpaired) electrons. The summed E-state index contributed by atoms with van der Waals surface area (Å²) in [6, 6.07) is 5.82. The molecule has 1 aromatic carbocycles. The highest BCUT2D eigenvalue weighted by Crippen LogP contribution is 2.20. The lowest BCUT2D eigenvalue weighted by molar-refractivity contribution is 0.415. The lowest BCUT2D eigenvalue weighted by atomic mass is 10.3. The third kappa shape index (κ3) is 2.51. The van der Waals surface area contributed by atoms with Gasteiger partial charge in [0.05, 0.1) is 24.5 Å². The fraction of sp³-hybridized carbons (Fsp3) is 0.250. The number of rotatable bonds is 5. The Hall–Kier alpha value is -3.16. The lowest BCUT2D eigenvalue weighted by Crippen LogP contribution is -2.22. The van der Waals surface area contributed by atoms with Crippen molar-refractivity contribution in [2.75, 3.05) is 25.6 Å². The molecule has 0 saturated carbocycles. The molecule has 0 spiro atoms. The maximum atomic E-state index is 5.24. The number of aromatic amines is 2. The second-order valence-corrected chi connectivity index (χ2v) is 5.54. The van der Waals surface area contributed by atoms with Gasteiger partial charge in [0.15, 0.2) is 11.5 Å². The summed E-state index contributed by atoms with van der Waals surface area (Å²) in [5, 5.41) is 0. The first-order chi connectivity index (χ1) is 11.7. The SMILES string of the molecule is COc1ccc2nc(CCN(C)c3ncnc4nc[nH]c34)[nH]c2c1. The molecule has 8 nitrogen and oxygen atoms in total. The highest BCUT2D eigenvalue weighted by molar-refractivity contribution is 5.82. The molecule has 0 aliphatic heterocycles. The van der Waals surface area contributed by atoms with Gasteiger partial charge in [-0.25, -0.2) is 19.9 Å². The predicted molar refractivity (Wildman–Crippen MR) is 91.3 cm³/mol. The highest BCUT2D eigenvalue weighted by Gasteiger charge is 2.11. The Morgan fingerprint density at radius 2 is 2.12 bits per heavy atom. The summed E-state index contributed by atoms with van der Waals surface area (Å²) in [7, 11) is 3.65. The molecule has 0 atom stereocenters. The van der Waals surface area contributed by atoms with E-state index >= 15 is 0 Å². The van der Waals surface area contributed by atoms with Crippen LogP contribution in [0.2, 0.25) is 0 Å². The number of H-pyrrole nitrogens is 2. The van der Waals surface area contributed by atoms with Gasteiger partial charge in [-0.15, -0.1) is 0 Å². The Morgan fingerprint density at radius 1 is 1.21 bits per heavy atom. The molecule has 4 rings (SSSR count). The smallest absolute Gasteiger partial charge is 0.182 e. The molecule has 24 heavy (non-hydrogen) atoms. The first-order valence-corrected chi connectivity index (χ1v) is 7.62. The van der Waals surface area contributed by atoms with Crippen LogP contribution < -0.4 is 9.64 Å². The standard InChI is InChI=1S/C16H17N7O/c1-23(16-14-15(18-8-17-14)19-9-20-16)6-5-13-21-11-4-3-10(24-2)7-12(11)22-13/h3-4,7-9H,5-6H2,1-2H3,(H,21,22)(H,17,18,19,20). The Bertz CT molecular complexity index is 990. The maximum absolute atomic E-state index is 5.24. The van der Waals surface area contributed by atoms with Gasteiger partial charge in [0, 0.05) is 26.1 Å². The number of nitrogens with zero attached hydrogens (tertiary/aromatic N) is 5. The third-order valence-corrected chi connectivity index (χ3v) is 3.99. The van der Waals surface area contributed by atoms with Crippen LogP contribution in [0.5, 0.6) is 5.75 Å². The van der Waals surface area contributed by atoms with E-state index < -0.39 is 0 Å². The maximum Gasteiger partial charge on any atom is 0.182 e. The number of anilines is 1. The van der Waals surface area contributed by atoms with Gasteiger partial charge in [-0.1, -0.05) is 0 Å². The van der Waals surface area contributed by atoms with Crippen LogP contribution in [0.25, 0.3) is 22.2 Å². The van der Waals surface area contributed by atoms with E-state index in [2.05, 4.69) is 34.8 Å². The third-order valence-electron chi connectivity index (χ3n) is 3.99. The van der Waals surface area contributed by atoms with Crippen molar-refractivity contribution < 1.29 is 4.74 Å². The van der Waals surface area contributed by atoms with Crippen molar-refractivity contribution in [1.82, 2.24) is 29.9 Å². The molecule has 0 aliphatic rings. The van der Waals surface area contributed by atoms with Crippen LogP contribution >= 0.6 is 0 Å². The summed E-state index contributed by atoms with van der Waals surface area (Å²) in [6.45, 7) is 0.766. The van der Waals surface area contributed by atoms with Gasteiger partial charge in [0.25, 0.3) is 0 Å². The number of fused-ring (bicyclic) bond motifs is 2. The van der Waals surface area contributed by atoms with Gasteiger partial charge in [0.2, 0.25) is 0 Å². The Labute approximate surface area is 137 Å². The van der Waals surface area contributed by atoms with Crippen molar-refractivity contribution in [3.05, 3.63) is 36.7 Å². The minimum Gasteiger partial charge on any atom is -0.497 e. The van der Waals surface area contributed by atoms with Gasteiger partial charge >= 0.3 is 0 Å². The number of hydrogen-bond donors (Lipinski definition) is 2. The zero-order valence-electron chi connectivity index (χ0n) is 13.4. The number of hydrogen-bond acceptors (Lipinski definition) is 6. The van der Waals surface area contributed by atoms with Gasteiger partial charge < -0.3 is 19.6 Å². The molecular formula is C16H17N7O. The summed E-state index contributed by atoms with van der Waals surface area (Å²) in [6.07, 6.45) is 3.93. The van der Waals surface area contributed by atoms with E-state index in [-0.39, 0.29) is 0 Å². The molecule has 8 heteroatoms. The molecule has 0 saturated heterocycles. The number of likely N-dealkylation sites (N-methyl/N-ethyl adjacent to an activating group) is 1. The molecule has 4 aromatic rings. The molecule has 122 valence electrons. The van der Waals surface area contributed by atoms with E-state index in [4.69, 9.17) is 4.74 Å². The van der Waals surface area contributed by atoms with E-state index in [1.54, 1.807) is 13.4 Å². The van der Waals surface area contributed by atoms with Crippen molar-refractivity contribution in [2.24, 2.45) is 0 Å². The average Bonchev–Trinajstić information content (AvgIpc) is 3.24. The number of methoxy groups -OCH3 is 1. The van der Waals surface area contributed by atoms with Crippen molar-refractivity contribution in [2.45, 2.75) is 6.42 Å². The molecule has 3 aromatic heterocycles. The molecule has 0 aliphatic carbocycles. The van der Waals surface area contributed by atoms with Crippen LogP contribution in [-0.4, -0.2) is 50.6 Å². The van der Waals surface area contributed by atoms with Crippen LogP contribution in [0.1, 0.15) is 5.82 Å². The Balaban J connectivity index is 1.53. The minimum atomic E-state index is 0.669. The van der Waals surface area contributed by atoms with Crippen molar-refractivity contribution >= 4 is 28.0 Å². The van der Waals surface area contributed by atoms with Crippen molar-refractivity contribution in [3.8, 4) is 5.75 Å². The molecule has 3 heterocycles. The highest BCUT2D eigenvalue weighted by atomic mass is 16.5. The van der Waals surface area contributed by atoms with Gasteiger partial charge in [-0.3, -0.25) is 0 Å². The molecule has 0 fully saturated rings. The second-order valence-electron chi connectivity index (χ2n) is 5.54. The summed E-state index contributed by atoms with van der Waals surface area (Å²) in [5.74, 6) is 2.58. The normalized spacial score (nSPS) is 11.2. The van der Waals surface area contributed by atoms with E-state index in [9.17, 15) is 0 Å². The molecule has 0 unspecified atom stereocenters. The summed E-state index contributed by atoms with van der Waals surface area (Å²) >= 11 is 0. The van der Waals surface area contributed by atoms with Crippen LogP contribution in [0.3, 0.4) is 0 Å². The van der Waals surface area contributed by atoms with Crippen LogP contribution in [0.4, 0.5) is 5.82 Å². The zero-order valence-corrected chi connectivity index (χ0v) is 13.4. The number of imidazole rings is 2. The fourth-order valence-corrected chi connectivity index (χ4v) is 2.71. The van der Waals surface area contributed by atoms with Crippen molar-refractivity contribution in [1.29, 1.82) is 0 Å². The first-order valence-electron chi connectivity index (χ1n) is 7.62. The minimum absolute atomic E-state index is 0.669. The van der Waals surface area contributed by atoms with Crippen LogP contribution in [0, 0.1) is 0 Å².